The molecule has 0 bridgehead atoms. The Morgan fingerprint density at radius 3 is 2.74 bits per heavy atom. The van der Waals surface area contributed by atoms with Gasteiger partial charge in [0.1, 0.15) is 17.5 Å². The van der Waals surface area contributed by atoms with E-state index in [1.807, 2.05) is 23.4 Å². The van der Waals surface area contributed by atoms with Gasteiger partial charge in [-0.25, -0.2) is 8.78 Å². The zero-order valence-electron chi connectivity index (χ0n) is 15.5. The molecule has 7 nitrogen and oxygen atoms in total. The Labute approximate surface area is 174 Å². The zero-order chi connectivity index (χ0) is 18.7. The molecule has 1 aliphatic heterocycles. The molecule has 2 N–H and O–H groups in total. The number of rotatable bonds is 4. The molecule has 1 saturated heterocycles. The highest BCUT2D eigenvalue weighted by Crippen LogP contribution is 2.24. The Hall–Kier alpha value is -1.98. The second kappa shape index (κ2) is 9.29. The smallest absolute Gasteiger partial charge is 0.191 e. The summed E-state index contributed by atoms with van der Waals surface area (Å²) in [6, 6.07) is 3.80. The van der Waals surface area contributed by atoms with E-state index in [1.165, 1.54) is 12.1 Å². The lowest BCUT2D eigenvalue weighted by molar-refractivity contribution is 0.580. The summed E-state index contributed by atoms with van der Waals surface area (Å²) in [6.45, 7) is 3.71. The number of hydrogen-bond donors (Lipinski definition) is 2. The third-order valence-corrected chi connectivity index (χ3v) is 4.60. The highest BCUT2D eigenvalue weighted by Gasteiger charge is 2.25. The van der Waals surface area contributed by atoms with Crippen molar-refractivity contribution in [3.63, 3.8) is 0 Å². The van der Waals surface area contributed by atoms with E-state index in [0.29, 0.717) is 31.3 Å². The molecular formula is C17H24F2IN7. The number of aromatic nitrogens is 3. The average molecular weight is 491 g/mol. The van der Waals surface area contributed by atoms with E-state index in [-0.39, 0.29) is 30.0 Å². The average Bonchev–Trinajstić information content (AvgIpc) is 3.19. The first-order chi connectivity index (χ1) is 12.5. The van der Waals surface area contributed by atoms with Crippen molar-refractivity contribution in [1.29, 1.82) is 0 Å². The van der Waals surface area contributed by atoms with Gasteiger partial charge in [-0.2, -0.15) is 0 Å². The topological polar surface area (TPSA) is 70.4 Å². The van der Waals surface area contributed by atoms with Gasteiger partial charge in [0.05, 0.1) is 12.2 Å². The third kappa shape index (κ3) is 5.05. The normalized spacial score (nSPS) is 17.0. The number of benzene rings is 1. The Bertz CT molecular complexity index is 809. The first-order valence-electron chi connectivity index (χ1n) is 8.50. The van der Waals surface area contributed by atoms with Crippen LogP contribution in [-0.2, 0) is 13.6 Å². The number of aliphatic imine (C=N–C) groups is 1. The monoisotopic (exact) mass is 491 g/mol. The van der Waals surface area contributed by atoms with E-state index in [9.17, 15) is 8.78 Å². The highest BCUT2D eigenvalue weighted by molar-refractivity contribution is 14.0. The lowest BCUT2D eigenvalue weighted by Crippen LogP contribution is -2.44. The van der Waals surface area contributed by atoms with Gasteiger partial charge in [0.2, 0.25) is 0 Å². The van der Waals surface area contributed by atoms with Crippen molar-refractivity contribution in [1.82, 2.24) is 25.4 Å². The molecule has 148 valence electrons. The van der Waals surface area contributed by atoms with Crippen LogP contribution in [0, 0.1) is 18.6 Å². The summed E-state index contributed by atoms with van der Waals surface area (Å²) >= 11 is 0. The van der Waals surface area contributed by atoms with Crippen molar-refractivity contribution in [2.24, 2.45) is 12.0 Å². The lowest BCUT2D eigenvalue weighted by Gasteiger charge is -2.21. The second-order valence-corrected chi connectivity index (χ2v) is 6.32. The Kier molecular flexibility index (Phi) is 7.33. The van der Waals surface area contributed by atoms with Crippen molar-refractivity contribution in [2.45, 2.75) is 25.9 Å². The molecule has 1 unspecified atom stereocenters. The van der Waals surface area contributed by atoms with Gasteiger partial charge in [0, 0.05) is 39.3 Å². The molecule has 1 atom stereocenters. The maximum Gasteiger partial charge on any atom is 0.191 e. The van der Waals surface area contributed by atoms with Gasteiger partial charge < -0.3 is 20.1 Å². The molecule has 2 heterocycles. The molecule has 2 aromatic rings. The number of guanidine groups is 1. The van der Waals surface area contributed by atoms with Crippen LogP contribution in [0.2, 0.25) is 0 Å². The fourth-order valence-electron chi connectivity index (χ4n) is 2.99. The van der Waals surface area contributed by atoms with Crippen LogP contribution in [-0.4, -0.2) is 46.9 Å². The number of halogens is 3. The number of anilines is 1. The quantitative estimate of drug-likeness (QED) is 0.389. The van der Waals surface area contributed by atoms with Gasteiger partial charge >= 0.3 is 0 Å². The maximum absolute atomic E-state index is 14.0. The van der Waals surface area contributed by atoms with Crippen molar-refractivity contribution in [2.75, 3.05) is 25.0 Å². The molecule has 27 heavy (non-hydrogen) atoms. The first kappa shape index (κ1) is 21.3. The molecule has 1 aliphatic rings. The summed E-state index contributed by atoms with van der Waals surface area (Å²) in [5.41, 5.74) is 0.424. The number of aryl methyl sites for hydroxylation is 1. The van der Waals surface area contributed by atoms with E-state index in [2.05, 4.69) is 25.8 Å². The van der Waals surface area contributed by atoms with Gasteiger partial charge in [0.15, 0.2) is 11.8 Å². The summed E-state index contributed by atoms with van der Waals surface area (Å²) in [7, 11) is 3.61. The highest BCUT2D eigenvalue weighted by atomic mass is 127. The van der Waals surface area contributed by atoms with Crippen LogP contribution in [0.1, 0.15) is 18.1 Å². The molecule has 1 fully saturated rings. The predicted octanol–water partition coefficient (Wildman–Crippen LogP) is 1.96. The molecule has 1 aromatic carbocycles. The third-order valence-electron chi connectivity index (χ3n) is 4.60. The van der Waals surface area contributed by atoms with Gasteiger partial charge in [-0.3, -0.25) is 4.99 Å². The van der Waals surface area contributed by atoms with E-state index < -0.39 is 11.6 Å². The Balaban J connectivity index is 0.00000261. The summed E-state index contributed by atoms with van der Waals surface area (Å²) in [5.74, 6) is 1.20. The summed E-state index contributed by atoms with van der Waals surface area (Å²) < 4.78 is 28.9. The van der Waals surface area contributed by atoms with Crippen LogP contribution >= 0.6 is 24.0 Å². The van der Waals surface area contributed by atoms with Gasteiger partial charge in [-0.1, -0.05) is 0 Å². The number of nitrogens with zero attached hydrogens (tertiary/aromatic N) is 5. The molecule has 0 spiro atoms. The predicted molar refractivity (Wildman–Crippen MR) is 111 cm³/mol. The van der Waals surface area contributed by atoms with E-state index in [0.717, 1.165) is 24.1 Å². The minimum Gasteiger partial charge on any atom is -0.367 e. The number of nitrogens with one attached hydrogen (secondary N) is 2. The summed E-state index contributed by atoms with van der Waals surface area (Å²) in [5, 5.41) is 14.7. The fraction of sp³-hybridized carbons (Fsp3) is 0.471. The minimum atomic E-state index is -0.566. The van der Waals surface area contributed by atoms with Crippen LogP contribution in [0.4, 0.5) is 14.5 Å². The molecule has 0 aliphatic carbocycles. The van der Waals surface area contributed by atoms with E-state index >= 15 is 0 Å². The van der Waals surface area contributed by atoms with E-state index in [1.54, 1.807) is 7.05 Å². The molecule has 0 amide bonds. The SMILES string of the molecule is CN=C(NCc1nnc(C)n1C)NC1CCN(c2ccc(F)cc2F)C1.I. The van der Waals surface area contributed by atoms with Crippen LogP contribution in [0.3, 0.4) is 0 Å². The minimum absolute atomic E-state index is 0. The summed E-state index contributed by atoms with van der Waals surface area (Å²) in [6.07, 6.45) is 0.834. The molecule has 3 rings (SSSR count). The van der Waals surface area contributed by atoms with Gasteiger partial charge in [-0.05, 0) is 25.5 Å². The lowest BCUT2D eigenvalue weighted by atomic mass is 10.2. The zero-order valence-corrected chi connectivity index (χ0v) is 17.9. The van der Waals surface area contributed by atoms with Crippen LogP contribution in [0.15, 0.2) is 23.2 Å². The maximum atomic E-state index is 14.0. The van der Waals surface area contributed by atoms with E-state index in [4.69, 9.17) is 0 Å². The Morgan fingerprint density at radius 2 is 2.11 bits per heavy atom. The van der Waals surface area contributed by atoms with Crippen molar-refractivity contribution < 1.29 is 8.78 Å². The van der Waals surface area contributed by atoms with Crippen LogP contribution in [0.25, 0.3) is 0 Å². The number of hydrogen-bond acceptors (Lipinski definition) is 4. The molecule has 0 saturated carbocycles. The van der Waals surface area contributed by atoms with Crippen molar-refractivity contribution in [3.05, 3.63) is 41.5 Å². The Morgan fingerprint density at radius 1 is 1.33 bits per heavy atom. The van der Waals surface area contributed by atoms with Crippen LogP contribution < -0.4 is 15.5 Å². The van der Waals surface area contributed by atoms with Gasteiger partial charge in [0.25, 0.3) is 0 Å². The first-order valence-corrected chi connectivity index (χ1v) is 8.50. The van der Waals surface area contributed by atoms with Crippen molar-refractivity contribution in [3.8, 4) is 0 Å². The fourth-order valence-corrected chi connectivity index (χ4v) is 2.99. The summed E-state index contributed by atoms with van der Waals surface area (Å²) in [4.78, 5) is 6.13. The van der Waals surface area contributed by atoms with Crippen molar-refractivity contribution >= 4 is 35.6 Å². The largest absolute Gasteiger partial charge is 0.367 e. The second-order valence-electron chi connectivity index (χ2n) is 6.32. The molecular weight excluding hydrogens is 467 g/mol. The van der Waals surface area contributed by atoms with Gasteiger partial charge in [-0.15, -0.1) is 34.2 Å². The standard InChI is InChI=1S/C17H23F2N7.HI/c1-11-23-24-16(25(11)3)9-21-17(20-2)22-13-6-7-26(10-13)15-5-4-12(18)8-14(15)19;/h4-5,8,13H,6-7,9-10H2,1-3H3,(H2,20,21,22);1H. The molecule has 10 heteroatoms. The molecule has 1 aromatic heterocycles. The molecule has 0 radical (unpaired) electrons. The van der Waals surface area contributed by atoms with Crippen LogP contribution in [0.5, 0.6) is 0 Å².